The zero-order chi connectivity index (χ0) is 20.8. The molecule has 0 aliphatic carbocycles. The van der Waals surface area contributed by atoms with Gasteiger partial charge in [0.25, 0.3) is 17.0 Å². The van der Waals surface area contributed by atoms with E-state index in [4.69, 9.17) is 0 Å². The minimum absolute atomic E-state index is 0.171. The fourth-order valence-electron chi connectivity index (χ4n) is 2.62. The van der Waals surface area contributed by atoms with Gasteiger partial charge < -0.3 is 5.32 Å². The van der Waals surface area contributed by atoms with Crippen LogP contribution in [0, 0.1) is 0 Å². The predicted molar refractivity (Wildman–Crippen MR) is 111 cm³/mol. The maximum Gasteiger partial charge on any atom is 0.296 e. The topological polar surface area (TPSA) is 102 Å². The molecule has 0 aliphatic heterocycles. The van der Waals surface area contributed by atoms with E-state index < -0.39 is 5.56 Å². The highest BCUT2D eigenvalue weighted by molar-refractivity contribution is 5.94. The molecule has 0 bridgehead atoms. The standard InChI is InChI=1S/C21H19N5O3/c1-3-7-15(4-2)12-23-20(28)16-9-10-18(22-13-16)26-21(29)17(14-24-26)25-11-6-5-8-19(25)27/h3-11,13-14,24H,1-2,12H2,(H,23,28)/b15-7+. The van der Waals surface area contributed by atoms with Crippen molar-refractivity contribution in [3.63, 3.8) is 0 Å². The van der Waals surface area contributed by atoms with Gasteiger partial charge in [-0.1, -0.05) is 37.5 Å². The van der Waals surface area contributed by atoms with Crippen LogP contribution in [0.2, 0.25) is 0 Å². The Kier molecular flexibility index (Phi) is 5.84. The molecule has 2 N–H and O–H groups in total. The Morgan fingerprint density at radius 3 is 2.69 bits per heavy atom. The molecule has 3 aromatic rings. The van der Waals surface area contributed by atoms with Gasteiger partial charge in [0.05, 0.1) is 5.56 Å². The van der Waals surface area contributed by atoms with Gasteiger partial charge in [-0.2, -0.15) is 4.68 Å². The molecule has 8 nitrogen and oxygen atoms in total. The highest BCUT2D eigenvalue weighted by Gasteiger charge is 2.12. The fraction of sp³-hybridized carbons (Fsp3) is 0.0476. The third-order valence-electron chi connectivity index (χ3n) is 4.12. The average Bonchev–Trinajstić information content (AvgIpc) is 3.12. The van der Waals surface area contributed by atoms with E-state index in [0.29, 0.717) is 17.9 Å². The van der Waals surface area contributed by atoms with Crippen LogP contribution in [0.3, 0.4) is 0 Å². The summed E-state index contributed by atoms with van der Waals surface area (Å²) in [6.07, 6.45) is 9.31. The highest BCUT2D eigenvalue weighted by Crippen LogP contribution is 2.06. The molecule has 146 valence electrons. The Hall–Kier alpha value is -4.20. The zero-order valence-electron chi connectivity index (χ0n) is 15.5. The summed E-state index contributed by atoms with van der Waals surface area (Å²) in [5, 5.41) is 5.54. The van der Waals surface area contributed by atoms with Crippen molar-refractivity contribution in [2.75, 3.05) is 6.54 Å². The van der Waals surface area contributed by atoms with E-state index in [0.717, 1.165) is 5.57 Å². The monoisotopic (exact) mass is 389 g/mol. The van der Waals surface area contributed by atoms with E-state index >= 15 is 0 Å². The van der Waals surface area contributed by atoms with Crippen molar-refractivity contribution < 1.29 is 4.79 Å². The molecule has 3 heterocycles. The summed E-state index contributed by atoms with van der Waals surface area (Å²) in [5.74, 6) is -0.0173. The molecule has 0 radical (unpaired) electrons. The predicted octanol–water partition coefficient (Wildman–Crippen LogP) is 1.74. The summed E-state index contributed by atoms with van der Waals surface area (Å²) in [5.41, 5.74) is 0.577. The fourth-order valence-corrected chi connectivity index (χ4v) is 2.62. The number of hydrogen-bond acceptors (Lipinski definition) is 4. The molecule has 29 heavy (non-hydrogen) atoms. The Morgan fingerprint density at radius 2 is 2.03 bits per heavy atom. The molecular formula is C21H19N5O3. The van der Waals surface area contributed by atoms with Crippen LogP contribution in [0.4, 0.5) is 0 Å². The number of amides is 1. The molecule has 0 aromatic carbocycles. The lowest BCUT2D eigenvalue weighted by molar-refractivity contribution is 0.0957. The van der Waals surface area contributed by atoms with Gasteiger partial charge in [0, 0.05) is 31.2 Å². The number of carbonyl (C=O) groups is 1. The van der Waals surface area contributed by atoms with Crippen molar-refractivity contribution in [1.82, 2.24) is 24.6 Å². The molecule has 0 atom stereocenters. The lowest BCUT2D eigenvalue weighted by Crippen LogP contribution is -2.26. The lowest BCUT2D eigenvalue weighted by Gasteiger charge is -2.06. The summed E-state index contributed by atoms with van der Waals surface area (Å²) in [4.78, 5) is 41.0. The van der Waals surface area contributed by atoms with Crippen molar-refractivity contribution in [1.29, 1.82) is 0 Å². The third kappa shape index (κ3) is 4.22. The summed E-state index contributed by atoms with van der Waals surface area (Å²) < 4.78 is 2.43. The van der Waals surface area contributed by atoms with E-state index in [1.165, 1.54) is 33.9 Å². The highest BCUT2D eigenvalue weighted by atomic mass is 16.2. The first-order valence-corrected chi connectivity index (χ1v) is 8.72. The molecule has 0 saturated carbocycles. The normalized spacial score (nSPS) is 11.1. The molecule has 0 spiro atoms. The van der Waals surface area contributed by atoms with E-state index in [1.807, 2.05) is 0 Å². The molecule has 0 aliphatic rings. The van der Waals surface area contributed by atoms with Crippen LogP contribution in [0.15, 0.2) is 95.5 Å². The van der Waals surface area contributed by atoms with Gasteiger partial charge in [-0.05, 0) is 23.8 Å². The van der Waals surface area contributed by atoms with Gasteiger partial charge >= 0.3 is 0 Å². The number of allylic oxidation sites excluding steroid dienone is 2. The van der Waals surface area contributed by atoms with E-state index in [-0.39, 0.29) is 17.2 Å². The minimum atomic E-state index is -0.437. The number of H-pyrrole nitrogens is 1. The van der Waals surface area contributed by atoms with E-state index in [9.17, 15) is 14.4 Å². The second kappa shape index (κ2) is 8.66. The van der Waals surface area contributed by atoms with Crippen LogP contribution < -0.4 is 16.4 Å². The first-order chi connectivity index (χ1) is 14.0. The molecule has 0 saturated heterocycles. The van der Waals surface area contributed by atoms with Gasteiger partial charge in [-0.15, -0.1) is 0 Å². The summed E-state index contributed by atoms with van der Waals surface area (Å²) >= 11 is 0. The van der Waals surface area contributed by atoms with Crippen LogP contribution in [0.5, 0.6) is 0 Å². The van der Waals surface area contributed by atoms with Gasteiger partial charge in [-0.25, -0.2) is 4.98 Å². The van der Waals surface area contributed by atoms with Crippen molar-refractivity contribution in [3.8, 4) is 11.5 Å². The Balaban J connectivity index is 1.80. The summed E-state index contributed by atoms with van der Waals surface area (Å²) in [7, 11) is 0. The number of pyridine rings is 2. The maximum absolute atomic E-state index is 12.6. The van der Waals surface area contributed by atoms with Crippen LogP contribution in [-0.4, -0.2) is 31.8 Å². The van der Waals surface area contributed by atoms with Crippen LogP contribution in [0.25, 0.3) is 11.5 Å². The maximum atomic E-state index is 12.6. The SMILES string of the molecule is C=C/C=C(\C=C)CNC(=O)c1ccc(-n2[nH]cc(-n3ccccc3=O)c2=O)nc1. The number of nitrogens with zero attached hydrogens (tertiary/aromatic N) is 3. The van der Waals surface area contributed by atoms with E-state index in [2.05, 4.69) is 28.6 Å². The minimum Gasteiger partial charge on any atom is -0.348 e. The largest absolute Gasteiger partial charge is 0.348 e. The van der Waals surface area contributed by atoms with Crippen LogP contribution in [0.1, 0.15) is 10.4 Å². The molecule has 3 rings (SSSR count). The average molecular weight is 389 g/mol. The van der Waals surface area contributed by atoms with Crippen molar-refractivity contribution in [2.24, 2.45) is 0 Å². The van der Waals surface area contributed by atoms with Crippen molar-refractivity contribution >= 4 is 5.91 Å². The molecule has 0 fully saturated rings. The van der Waals surface area contributed by atoms with Gasteiger partial charge in [0.15, 0.2) is 5.82 Å². The number of aromatic amines is 1. The van der Waals surface area contributed by atoms with Gasteiger partial charge in [-0.3, -0.25) is 24.0 Å². The van der Waals surface area contributed by atoms with Crippen molar-refractivity contribution in [3.05, 3.63) is 112 Å². The second-order valence-corrected chi connectivity index (χ2v) is 5.98. The smallest absolute Gasteiger partial charge is 0.296 e. The van der Waals surface area contributed by atoms with Crippen LogP contribution in [-0.2, 0) is 0 Å². The molecule has 3 aromatic heterocycles. The number of carbonyl (C=O) groups excluding carboxylic acids is 1. The molecule has 1 amide bonds. The van der Waals surface area contributed by atoms with Gasteiger partial charge in [0.2, 0.25) is 0 Å². The number of aromatic nitrogens is 4. The lowest BCUT2D eigenvalue weighted by atomic mass is 10.2. The molecule has 8 heteroatoms. The number of hydrogen-bond donors (Lipinski definition) is 2. The van der Waals surface area contributed by atoms with Crippen molar-refractivity contribution in [2.45, 2.75) is 0 Å². The van der Waals surface area contributed by atoms with E-state index in [1.54, 1.807) is 42.5 Å². The second-order valence-electron chi connectivity index (χ2n) is 5.98. The quantitative estimate of drug-likeness (QED) is 0.601. The molecular weight excluding hydrogens is 370 g/mol. The first-order valence-electron chi connectivity index (χ1n) is 8.72. The van der Waals surface area contributed by atoms with Gasteiger partial charge in [0.1, 0.15) is 5.69 Å². The summed E-state index contributed by atoms with van der Waals surface area (Å²) in [6.45, 7) is 7.59. The number of nitrogens with one attached hydrogen (secondary N) is 2. The van der Waals surface area contributed by atoms with Crippen LogP contribution >= 0.6 is 0 Å². The first kappa shape index (κ1) is 19.6. The Labute approximate surface area is 166 Å². The molecule has 0 unspecified atom stereocenters. The Morgan fingerprint density at radius 1 is 1.21 bits per heavy atom. The third-order valence-corrected chi connectivity index (χ3v) is 4.12. The number of rotatable bonds is 7. The zero-order valence-corrected chi connectivity index (χ0v) is 15.5. The summed E-state index contributed by atoms with van der Waals surface area (Å²) in [6, 6.07) is 7.72. The Bertz CT molecular complexity index is 1200.